The zero-order valence-electron chi connectivity index (χ0n) is 18.1. The summed E-state index contributed by atoms with van der Waals surface area (Å²) in [7, 11) is 0. The van der Waals surface area contributed by atoms with Gasteiger partial charge in [-0.3, -0.25) is 9.69 Å². The van der Waals surface area contributed by atoms with Gasteiger partial charge in [-0.05, 0) is 74.5 Å². The minimum atomic E-state index is -0.279. The summed E-state index contributed by atoms with van der Waals surface area (Å²) in [4.78, 5) is 15.1. The molecule has 1 N–H and O–H groups in total. The van der Waals surface area contributed by atoms with Gasteiger partial charge >= 0.3 is 0 Å². The molecule has 168 valence electrons. The van der Waals surface area contributed by atoms with Crippen molar-refractivity contribution in [1.29, 1.82) is 0 Å². The maximum atomic E-state index is 13.5. The first-order valence-corrected chi connectivity index (χ1v) is 11.1. The van der Waals surface area contributed by atoms with Gasteiger partial charge in [0.25, 0.3) is 0 Å². The first-order chi connectivity index (χ1) is 16.1. The number of halogens is 1. The summed E-state index contributed by atoms with van der Waals surface area (Å²) in [6.07, 6.45) is 8.99. The van der Waals surface area contributed by atoms with E-state index in [1.165, 1.54) is 12.1 Å². The number of amides is 1. The molecule has 0 aliphatic carbocycles. The standard InChI is InChI=1S/C25H25FN6O/c26-21-3-1-4-24(15-21)32-18-19(16-28-32)17-30-13-9-20(10-14-30)25(33)29-22-5-7-23(8-6-22)31-12-2-11-27-31/h1-8,11-12,15-16,18,20H,9-10,13-14,17H2,(H,29,33). The van der Waals surface area contributed by atoms with E-state index >= 15 is 0 Å². The first-order valence-electron chi connectivity index (χ1n) is 11.1. The van der Waals surface area contributed by atoms with Crippen LogP contribution in [0.15, 0.2) is 79.4 Å². The second-order valence-corrected chi connectivity index (χ2v) is 8.31. The van der Waals surface area contributed by atoms with Gasteiger partial charge in [-0.25, -0.2) is 13.8 Å². The van der Waals surface area contributed by atoms with Crippen LogP contribution in [0.5, 0.6) is 0 Å². The van der Waals surface area contributed by atoms with E-state index < -0.39 is 0 Å². The SMILES string of the molecule is O=C(Nc1ccc(-n2cccn2)cc1)C1CCN(Cc2cnn(-c3cccc(F)c3)c2)CC1. The second-order valence-electron chi connectivity index (χ2n) is 8.31. The molecule has 1 fully saturated rings. The van der Waals surface area contributed by atoms with Crippen molar-refractivity contribution >= 4 is 11.6 Å². The Balaban J connectivity index is 1.12. The molecule has 8 heteroatoms. The number of nitrogens with one attached hydrogen (secondary N) is 1. The molecule has 2 aromatic carbocycles. The van der Waals surface area contributed by atoms with Crippen molar-refractivity contribution in [3.63, 3.8) is 0 Å². The van der Waals surface area contributed by atoms with E-state index in [4.69, 9.17) is 0 Å². The largest absolute Gasteiger partial charge is 0.326 e. The van der Waals surface area contributed by atoms with Crippen molar-refractivity contribution in [3.05, 3.63) is 90.8 Å². The van der Waals surface area contributed by atoms with Crippen LogP contribution in [0.25, 0.3) is 11.4 Å². The van der Waals surface area contributed by atoms with Crippen molar-refractivity contribution in [2.24, 2.45) is 5.92 Å². The molecule has 1 aliphatic heterocycles. The molecule has 0 saturated carbocycles. The summed E-state index contributed by atoms with van der Waals surface area (Å²) in [6, 6.07) is 15.9. The van der Waals surface area contributed by atoms with Gasteiger partial charge in [-0.2, -0.15) is 10.2 Å². The predicted molar refractivity (Wildman–Crippen MR) is 124 cm³/mol. The van der Waals surface area contributed by atoms with Gasteiger partial charge in [0.05, 0.1) is 17.6 Å². The van der Waals surface area contributed by atoms with Crippen molar-refractivity contribution < 1.29 is 9.18 Å². The number of carbonyl (C=O) groups is 1. The number of hydrogen-bond acceptors (Lipinski definition) is 4. The fraction of sp³-hybridized carbons (Fsp3) is 0.240. The minimum absolute atomic E-state index is 0.00191. The summed E-state index contributed by atoms with van der Waals surface area (Å²) in [6.45, 7) is 2.46. The maximum absolute atomic E-state index is 13.5. The van der Waals surface area contributed by atoms with Crippen LogP contribution in [0.2, 0.25) is 0 Å². The predicted octanol–water partition coefficient (Wildman–Crippen LogP) is 4.05. The Morgan fingerprint density at radius 2 is 1.82 bits per heavy atom. The van der Waals surface area contributed by atoms with E-state index in [2.05, 4.69) is 20.4 Å². The van der Waals surface area contributed by atoms with Gasteiger partial charge in [0.1, 0.15) is 5.82 Å². The van der Waals surface area contributed by atoms with Gasteiger partial charge in [-0.15, -0.1) is 0 Å². The van der Waals surface area contributed by atoms with Crippen LogP contribution in [0, 0.1) is 11.7 Å². The van der Waals surface area contributed by atoms with Crippen LogP contribution in [0.4, 0.5) is 10.1 Å². The summed E-state index contributed by atoms with van der Waals surface area (Å²) in [5, 5.41) is 11.6. The Bertz CT molecular complexity index is 1210. The van der Waals surface area contributed by atoms with E-state index in [9.17, 15) is 9.18 Å². The van der Waals surface area contributed by atoms with Crippen LogP contribution >= 0.6 is 0 Å². The number of nitrogens with zero attached hydrogens (tertiary/aromatic N) is 5. The number of carbonyl (C=O) groups excluding carboxylic acids is 1. The lowest BCUT2D eigenvalue weighted by molar-refractivity contribution is -0.121. The molecule has 0 bridgehead atoms. The highest BCUT2D eigenvalue weighted by Crippen LogP contribution is 2.22. The number of anilines is 1. The summed E-state index contributed by atoms with van der Waals surface area (Å²) in [5.74, 6) is -0.207. The summed E-state index contributed by atoms with van der Waals surface area (Å²) >= 11 is 0. The molecule has 0 spiro atoms. The lowest BCUT2D eigenvalue weighted by atomic mass is 9.95. The molecule has 0 unspecified atom stereocenters. The zero-order valence-corrected chi connectivity index (χ0v) is 18.1. The van der Waals surface area contributed by atoms with E-state index in [-0.39, 0.29) is 17.6 Å². The Hall–Kier alpha value is -3.78. The Kier molecular flexibility index (Phi) is 5.99. The van der Waals surface area contributed by atoms with E-state index in [0.29, 0.717) is 5.69 Å². The third-order valence-corrected chi connectivity index (χ3v) is 5.98. The molecular formula is C25H25FN6O. The van der Waals surface area contributed by atoms with E-state index in [1.807, 2.05) is 55.0 Å². The molecule has 1 aliphatic rings. The highest BCUT2D eigenvalue weighted by atomic mass is 19.1. The number of likely N-dealkylation sites (tertiary alicyclic amines) is 1. The van der Waals surface area contributed by atoms with E-state index in [0.717, 1.165) is 49.4 Å². The quantitative estimate of drug-likeness (QED) is 0.487. The molecule has 4 aromatic rings. The van der Waals surface area contributed by atoms with Crippen molar-refractivity contribution in [1.82, 2.24) is 24.5 Å². The van der Waals surface area contributed by atoms with Gasteiger partial charge in [-0.1, -0.05) is 6.07 Å². The van der Waals surface area contributed by atoms with Gasteiger partial charge in [0, 0.05) is 42.3 Å². The van der Waals surface area contributed by atoms with Gasteiger partial charge < -0.3 is 5.32 Å². The van der Waals surface area contributed by atoms with Crippen molar-refractivity contribution in [2.75, 3.05) is 18.4 Å². The summed E-state index contributed by atoms with van der Waals surface area (Å²) in [5.41, 5.74) is 3.52. The Morgan fingerprint density at radius 1 is 1.00 bits per heavy atom. The summed E-state index contributed by atoms with van der Waals surface area (Å²) < 4.78 is 16.9. The normalized spacial score (nSPS) is 14.9. The first kappa shape index (κ1) is 21.1. The van der Waals surface area contributed by atoms with Gasteiger partial charge in [0.15, 0.2) is 0 Å². The number of rotatable bonds is 6. The molecule has 0 radical (unpaired) electrons. The minimum Gasteiger partial charge on any atom is -0.326 e. The van der Waals surface area contributed by atoms with Crippen molar-refractivity contribution in [2.45, 2.75) is 19.4 Å². The van der Waals surface area contributed by atoms with Crippen LogP contribution in [-0.2, 0) is 11.3 Å². The maximum Gasteiger partial charge on any atom is 0.227 e. The third-order valence-electron chi connectivity index (χ3n) is 5.98. The molecular weight excluding hydrogens is 419 g/mol. The number of piperidine rings is 1. The fourth-order valence-electron chi connectivity index (χ4n) is 4.18. The monoisotopic (exact) mass is 444 g/mol. The van der Waals surface area contributed by atoms with Crippen LogP contribution in [0.3, 0.4) is 0 Å². The molecule has 5 rings (SSSR count). The van der Waals surface area contributed by atoms with E-state index in [1.54, 1.807) is 21.6 Å². The molecule has 7 nitrogen and oxygen atoms in total. The van der Waals surface area contributed by atoms with Crippen LogP contribution in [-0.4, -0.2) is 43.5 Å². The lowest BCUT2D eigenvalue weighted by Crippen LogP contribution is -2.37. The van der Waals surface area contributed by atoms with Crippen LogP contribution < -0.4 is 5.32 Å². The third kappa shape index (κ3) is 5.01. The number of hydrogen-bond donors (Lipinski definition) is 1. The Morgan fingerprint density at radius 3 is 2.55 bits per heavy atom. The molecule has 2 aromatic heterocycles. The molecule has 1 amide bonds. The molecule has 0 atom stereocenters. The number of benzene rings is 2. The lowest BCUT2D eigenvalue weighted by Gasteiger charge is -2.30. The zero-order chi connectivity index (χ0) is 22.6. The second kappa shape index (κ2) is 9.38. The van der Waals surface area contributed by atoms with Gasteiger partial charge in [0.2, 0.25) is 5.91 Å². The molecule has 33 heavy (non-hydrogen) atoms. The Labute approximate surface area is 191 Å². The smallest absolute Gasteiger partial charge is 0.227 e. The van der Waals surface area contributed by atoms with Crippen LogP contribution in [0.1, 0.15) is 18.4 Å². The average molecular weight is 445 g/mol. The topological polar surface area (TPSA) is 68.0 Å². The molecule has 3 heterocycles. The van der Waals surface area contributed by atoms with Crippen molar-refractivity contribution in [3.8, 4) is 11.4 Å². The number of aromatic nitrogens is 4. The molecule has 1 saturated heterocycles. The average Bonchev–Trinajstić information content (AvgIpc) is 3.53. The highest BCUT2D eigenvalue weighted by Gasteiger charge is 2.25. The highest BCUT2D eigenvalue weighted by molar-refractivity contribution is 5.92. The fourth-order valence-corrected chi connectivity index (χ4v) is 4.18.